The molecule has 2 aromatic rings. The molecule has 0 spiro atoms. The Morgan fingerprint density at radius 1 is 1.53 bits per heavy atom. The van der Waals surface area contributed by atoms with Crippen LogP contribution < -0.4 is 0 Å². The van der Waals surface area contributed by atoms with Gasteiger partial charge in [-0.15, -0.1) is 11.3 Å². The summed E-state index contributed by atoms with van der Waals surface area (Å²) in [6.45, 7) is 1.85. The molecule has 0 bridgehead atoms. The molecule has 3 rings (SSSR count). The van der Waals surface area contributed by atoms with E-state index < -0.39 is 0 Å². The fourth-order valence-corrected chi connectivity index (χ4v) is 2.92. The maximum absolute atomic E-state index is 12.0. The van der Waals surface area contributed by atoms with E-state index in [1.54, 1.807) is 22.6 Å². The summed E-state index contributed by atoms with van der Waals surface area (Å²) in [6.07, 6.45) is 2.78. The number of carbonyl (C=O) groups excluding carboxylic acids is 1. The molecule has 3 heterocycles. The van der Waals surface area contributed by atoms with E-state index >= 15 is 0 Å². The Bertz CT molecular complexity index is 587. The zero-order chi connectivity index (χ0) is 13.2. The highest BCUT2D eigenvalue weighted by Gasteiger charge is 2.34. The quantitative estimate of drug-likeness (QED) is 0.860. The lowest BCUT2D eigenvalue weighted by Gasteiger charge is -2.18. The second-order valence-corrected chi connectivity index (χ2v) is 5.30. The van der Waals surface area contributed by atoms with Gasteiger partial charge in [-0.25, -0.2) is 5.01 Å². The molecule has 0 saturated heterocycles. The number of hydrogen-bond acceptors (Lipinski definition) is 4. The molecule has 0 N–H and O–H groups in total. The van der Waals surface area contributed by atoms with Crippen molar-refractivity contribution < 1.29 is 9.21 Å². The van der Waals surface area contributed by atoms with Gasteiger partial charge in [-0.2, -0.15) is 5.10 Å². The van der Waals surface area contributed by atoms with Crippen LogP contribution in [0.15, 0.2) is 45.4 Å². The second-order valence-electron chi connectivity index (χ2n) is 4.35. The minimum absolute atomic E-state index is 0.0213. The zero-order valence-electron chi connectivity index (χ0n) is 10.6. The molecule has 19 heavy (non-hydrogen) atoms. The molecule has 0 unspecified atom stereocenters. The molecule has 0 aromatic carbocycles. The Balaban J connectivity index is 1.93. The maximum atomic E-state index is 12.0. The van der Waals surface area contributed by atoms with E-state index in [0.717, 1.165) is 16.3 Å². The van der Waals surface area contributed by atoms with Crippen molar-refractivity contribution in [1.82, 2.24) is 5.01 Å². The van der Waals surface area contributed by atoms with Gasteiger partial charge in [0.2, 0.25) is 5.91 Å². The molecular formula is C14H14N2O2S. The van der Waals surface area contributed by atoms with Crippen molar-refractivity contribution in [3.8, 4) is 0 Å². The fourth-order valence-electron chi connectivity index (χ4n) is 2.20. The van der Waals surface area contributed by atoms with Crippen molar-refractivity contribution in [2.24, 2.45) is 5.10 Å². The Kier molecular flexibility index (Phi) is 3.21. The largest absolute Gasteiger partial charge is 0.467 e. The van der Waals surface area contributed by atoms with Crippen LogP contribution in [0.25, 0.3) is 0 Å². The van der Waals surface area contributed by atoms with Crippen molar-refractivity contribution in [1.29, 1.82) is 0 Å². The van der Waals surface area contributed by atoms with Crippen molar-refractivity contribution in [2.45, 2.75) is 25.8 Å². The third kappa shape index (κ3) is 2.21. The van der Waals surface area contributed by atoms with Gasteiger partial charge < -0.3 is 4.42 Å². The van der Waals surface area contributed by atoms with Gasteiger partial charge in [0.25, 0.3) is 0 Å². The molecule has 0 aliphatic carbocycles. The van der Waals surface area contributed by atoms with Crippen LogP contribution in [0.5, 0.6) is 0 Å². The summed E-state index contributed by atoms with van der Waals surface area (Å²) < 4.78 is 5.44. The standard InChI is InChI=1S/C14H14N2O2S/c1-2-14(17)16-11(12-5-3-7-18-12)9-10(15-16)13-6-4-8-19-13/h3-8,11H,2,9H2,1H3/t11-/m1/s1. The third-order valence-corrected chi connectivity index (χ3v) is 4.06. The lowest BCUT2D eigenvalue weighted by atomic mass is 10.1. The Hall–Kier alpha value is -1.88. The molecule has 0 radical (unpaired) electrons. The molecule has 1 aliphatic heterocycles. The first kappa shape index (κ1) is 12.2. The first-order chi connectivity index (χ1) is 9.29. The highest BCUT2D eigenvalue weighted by Crippen LogP contribution is 2.34. The lowest BCUT2D eigenvalue weighted by Crippen LogP contribution is -2.25. The van der Waals surface area contributed by atoms with Crippen LogP contribution in [0.3, 0.4) is 0 Å². The third-order valence-electron chi connectivity index (χ3n) is 3.15. The summed E-state index contributed by atoms with van der Waals surface area (Å²) in [5.74, 6) is 0.810. The lowest BCUT2D eigenvalue weighted by molar-refractivity contribution is -0.133. The normalized spacial score (nSPS) is 18.7. The molecule has 4 nitrogen and oxygen atoms in total. The number of thiophene rings is 1. The summed E-state index contributed by atoms with van der Waals surface area (Å²) in [4.78, 5) is 13.1. The number of furan rings is 1. The topological polar surface area (TPSA) is 45.8 Å². The smallest absolute Gasteiger partial charge is 0.243 e. The molecule has 98 valence electrons. The molecule has 2 aromatic heterocycles. The molecule has 1 amide bonds. The minimum atomic E-state index is -0.112. The van der Waals surface area contributed by atoms with Gasteiger partial charge in [0.15, 0.2) is 0 Å². The van der Waals surface area contributed by atoms with Gasteiger partial charge in [0.05, 0.1) is 16.9 Å². The number of carbonyl (C=O) groups is 1. The Morgan fingerprint density at radius 2 is 2.42 bits per heavy atom. The minimum Gasteiger partial charge on any atom is -0.467 e. The summed E-state index contributed by atoms with van der Waals surface area (Å²) >= 11 is 1.64. The van der Waals surface area contributed by atoms with Crippen LogP contribution >= 0.6 is 11.3 Å². The highest BCUT2D eigenvalue weighted by molar-refractivity contribution is 7.12. The van der Waals surface area contributed by atoms with Crippen molar-refractivity contribution >= 4 is 23.0 Å². The fraction of sp³-hybridized carbons (Fsp3) is 0.286. The van der Waals surface area contributed by atoms with Gasteiger partial charge in [-0.05, 0) is 23.6 Å². The molecule has 0 saturated carbocycles. The zero-order valence-corrected chi connectivity index (χ0v) is 11.4. The summed E-state index contributed by atoms with van der Waals surface area (Å²) in [6, 6.07) is 7.65. The number of hydrogen-bond donors (Lipinski definition) is 0. The average Bonchev–Trinajstić information content (AvgIpc) is 3.14. The van der Waals surface area contributed by atoms with E-state index in [1.807, 2.05) is 36.6 Å². The highest BCUT2D eigenvalue weighted by atomic mass is 32.1. The predicted octanol–water partition coefficient (Wildman–Crippen LogP) is 3.43. The number of hydrazone groups is 1. The maximum Gasteiger partial charge on any atom is 0.243 e. The van der Waals surface area contributed by atoms with Crippen LogP contribution in [-0.4, -0.2) is 16.6 Å². The number of rotatable bonds is 3. The van der Waals surface area contributed by atoms with Crippen LogP contribution in [0, 0.1) is 0 Å². The van der Waals surface area contributed by atoms with E-state index in [2.05, 4.69) is 5.10 Å². The monoisotopic (exact) mass is 274 g/mol. The second kappa shape index (κ2) is 5.01. The molecule has 1 atom stereocenters. The Labute approximate surface area is 115 Å². The number of nitrogens with zero attached hydrogens (tertiary/aromatic N) is 2. The summed E-state index contributed by atoms with van der Waals surface area (Å²) in [7, 11) is 0. The average molecular weight is 274 g/mol. The predicted molar refractivity (Wildman–Crippen MR) is 74.1 cm³/mol. The Morgan fingerprint density at radius 3 is 3.05 bits per heavy atom. The first-order valence-electron chi connectivity index (χ1n) is 6.26. The van der Waals surface area contributed by atoms with E-state index in [0.29, 0.717) is 12.8 Å². The van der Waals surface area contributed by atoms with Crippen LogP contribution in [0.1, 0.15) is 36.4 Å². The molecular weight excluding hydrogens is 260 g/mol. The van der Waals surface area contributed by atoms with Crippen molar-refractivity contribution in [3.05, 3.63) is 46.5 Å². The summed E-state index contributed by atoms with van der Waals surface area (Å²) in [5.41, 5.74) is 0.957. The van der Waals surface area contributed by atoms with E-state index in [-0.39, 0.29) is 11.9 Å². The molecule has 0 fully saturated rings. The number of amides is 1. The van der Waals surface area contributed by atoms with Crippen LogP contribution in [0.4, 0.5) is 0 Å². The van der Waals surface area contributed by atoms with Gasteiger partial charge in [-0.3, -0.25) is 4.79 Å². The van der Waals surface area contributed by atoms with Gasteiger partial charge in [0, 0.05) is 12.8 Å². The van der Waals surface area contributed by atoms with E-state index in [9.17, 15) is 4.79 Å². The van der Waals surface area contributed by atoms with Gasteiger partial charge in [0.1, 0.15) is 11.8 Å². The molecule has 5 heteroatoms. The SMILES string of the molecule is CCC(=O)N1N=C(c2cccs2)C[C@@H]1c1ccco1. The van der Waals surface area contributed by atoms with E-state index in [4.69, 9.17) is 4.42 Å². The van der Waals surface area contributed by atoms with Crippen LogP contribution in [-0.2, 0) is 4.79 Å². The molecule has 1 aliphatic rings. The first-order valence-corrected chi connectivity index (χ1v) is 7.14. The van der Waals surface area contributed by atoms with Crippen molar-refractivity contribution in [3.63, 3.8) is 0 Å². The van der Waals surface area contributed by atoms with Crippen LogP contribution in [0.2, 0.25) is 0 Å². The van der Waals surface area contributed by atoms with E-state index in [1.165, 1.54) is 0 Å². The summed E-state index contributed by atoms with van der Waals surface area (Å²) in [5, 5.41) is 8.07. The van der Waals surface area contributed by atoms with Crippen molar-refractivity contribution in [2.75, 3.05) is 0 Å². The van der Waals surface area contributed by atoms with Gasteiger partial charge >= 0.3 is 0 Å². The van der Waals surface area contributed by atoms with Gasteiger partial charge in [-0.1, -0.05) is 13.0 Å².